The van der Waals surface area contributed by atoms with Crippen molar-refractivity contribution < 1.29 is 25.6 Å². The minimum atomic E-state index is -0.221. The normalized spacial score (nSPS) is 11.2. The molecule has 0 atom stereocenters. The van der Waals surface area contributed by atoms with Crippen molar-refractivity contribution in [2.75, 3.05) is 4.93 Å². The first-order chi connectivity index (χ1) is 6.06. The van der Waals surface area contributed by atoms with Crippen molar-refractivity contribution in [3.05, 3.63) is 32.1 Å². The van der Waals surface area contributed by atoms with Gasteiger partial charge < -0.3 is 0 Å². The number of hydrogen-bond acceptors (Lipinski definition) is 0. The molecule has 0 aliphatic rings. The maximum atomic E-state index is 13.4. The van der Waals surface area contributed by atoms with Gasteiger partial charge in [-0.3, -0.25) is 0 Å². The maximum absolute atomic E-state index is 13.4. The van der Waals surface area contributed by atoms with E-state index in [-0.39, 0.29) is 32.9 Å². The Balaban J connectivity index is 3.20. The van der Waals surface area contributed by atoms with Crippen LogP contribution >= 0.6 is 11.6 Å². The summed E-state index contributed by atoms with van der Waals surface area (Å²) in [6.07, 6.45) is 0. The standard InChI is InChI=1S/C10H12ClFI/c1-6(2)7-4-9(12)10(13-3)5-8(7)11/h4-6H,1-3H3/q-1. The van der Waals surface area contributed by atoms with Gasteiger partial charge in [0.2, 0.25) is 0 Å². The number of hydrogen-bond donors (Lipinski definition) is 0. The Morgan fingerprint density at radius 3 is 2.46 bits per heavy atom. The molecular formula is C10H12ClFI-. The molecule has 13 heavy (non-hydrogen) atoms. The molecule has 1 rings (SSSR count). The van der Waals surface area contributed by atoms with Crippen LogP contribution in [0.25, 0.3) is 0 Å². The summed E-state index contributed by atoms with van der Waals surface area (Å²) in [6.45, 7) is 4.03. The second kappa shape index (κ2) is 4.60. The van der Waals surface area contributed by atoms with Crippen LogP contribution in [0.15, 0.2) is 12.1 Å². The second-order valence-electron chi connectivity index (χ2n) is 3.13. The van der Waals surface area contributed by atoms with Gasteiger partial charge in [-0.25, -0.2) is 0 Å². The van der Waals surface area contributed by atoms with E-state index >= 15 is 0 Å². The van der Waals surface area contributed by atoms with E-state index in [2.05, 4.69) is 0 Å². The molecule has 0 nitrogen and oxygen atoms in total. The molecule has 1 aromatic rings. The Kier molecular flexibility index (Phi) is 3.98. The van der Waals surface area contributed by atoms with Crippen molar-refractivity contribution in [1.82, 2.24) is 0 Å². The Morgan fingerprint density at radius 1 is 1.38 bits per heavy atom. The molecule has 0 aromatic heterocycles. The van der Waals surface area contributed by atoms with Gasteiger partial charge in [-0.1, -0.05) is 0 Å². The van der Waals surface area contributed by atoms with Crippen molar-refractivity contribution >= 4 is 11.6 Å². The van der Waals surface area contributed by atoms with Gasteiger partial charge in [0.25, 0.3) is 0 Å². The van der Waals surface area contributed by atoms with Gasteiger partial charge in [0.1, 0.15) is 0 Å². The molecule has 0 aliphatic carbocycles. The van der Waals surface area contributed by atoms with Crippen LogP contribution in [0.2, 0.25) is 5.02 Å². The third kappa shape index (κ3) is 2.56. The van der Waals surface area contributed by atoms with E-state index in [1.807, 2.05) is 18.8 Å². The van der Waals surface area contributed by atoms with Crippen LogP contribution in [0.4, 0.5) is 4.39 Å². The van der Waals surface area contributed by atoms with Gasteiger partial charge in [0.05, 0.1) is 0 Å². The molecular weight excluding hydrogens is 301 g/mol. The first kappa shape index (κ1) is 11.2. The molecule has 0 radical (unpaired) electrons. The Morgan fingerprint density at radius 2 is 2.00 bits per heavy atom. The van der Waals surface area contributed by atoms with E-state index in [1.165, 1.54) is 0 Å². The van der Waals surface area contributed by atoms with Gasteiger partial charge in [0.15, 0.2) is 0 Å². The fourth-order valence-corrected chi connectivity index (χ4v) is 2.98. The van der Waals surface area contributed by atoms with Crippen LogP contribution in [0.1, 0.15) is 25.3 Å². The van der Waals surface area contributed by atoms with Gasteiger partial charge in [-0.05, 0) is 0 Å². The fourth-order valence-electron chi connectivity index (χ4n) is 1.13. The molecule has 0 amide bonds. The second-order valence-corrected chi connectivity index (χ2v) is 5.78. The Labute approximate surface area is 93.7 Å². The molecule has 1 aromatic carbocycles. The monoisotopic (exact) mass is 313 g/mol. The number of alkyl halides is 1. The summed E-state index contributed by atoms with van der Waals surface area (Å²) >= 11 is 5.80. The van der Waals surface area contributed by atoms with Crippen molar-refractivity contribution in [3.63, 3.8) is 0 Å². The predicted molar refractivity (Wildman–Crippen MR) is 50.1 cm³/mol. The molecule has 0 aliphatic heterocycles. The quantitative estimate of drug-likeness (QED) is 0.424. The predicted octanol–water partition coefficient (Wildman–Crippen LogP) is 0.491. The molecule has 0 saturated carbocycles. The van der Waals surface area contributed by atoms with Crippen LogP contribution in [0.5, 0.6) is 0 Å². The zero-order valence-electron chi connectivity index (χ0n) is 7.87. The number of benzene rings is 1. The molecule has 0 spiro atoms. The molecule has 0 saturated heterocycles. The van der Waals surface area contributed by atoms with Crippen LogP contribution in [-0.4, -0.2) is 4.93 Å². The molecule has 3 heteroatoms. The average molecular weight is 314 g/mol. The fraction of sp³-hybridized carbons (Fsp3) is 0.400. The third-order valence-electron chi connectivity index (χ3n) is 1.87. The average Bonchev–Trinajstić information content (AvgIpc) is 2.07. The summed E-state index contributed by atoms with van der Waals surface area (Å²) in [5, 5.41) is 0.702. The first-order valence-electron chi connectivity index (χ1n) is 4.04. The van der Waals surface area contributed by atoms with Gasteiger partial charge in [0, 0.05) is 0 Å². The van der Waals surface area contributed by atoms with Gasteiger partial charge in [-0.15, -0.1) is 0 Å². The molecule has 0 unspecified atom stereocenters. The van der Waals surface area contributed by atoms with E-state index in [4.69, 9.17) is 11.6 Å². The third-order valence-corrected chi connectivity index (χ3v) is 4.18. The van der Waals surface area contributed by atoms with E-state index in [0.717, 1.165) is 9.13 Å². The molecule has 0 fully saturated rings. The van der Waals surface area contributed by atoms with Crippen LogP contribution < -0.4 is 21.2 Å². The van der Waals surface area contributed by atoms with E-state index in [1.54, 1.807) is 12.1 Å². The molecule has 0 bridgehead atoms. The molecule has 0 N–H and O–H groups in total. The summed E-state index contributed by atoms with van der Waals surface area (Å²) in [6, 6.07) is 3.35. The van der Waals surface area contributed by atoms with Crippen LogP contribution in [0.3, 0.4) is 0 Å². The first-order valence-corrected chi connectivity index (χ1v) is 7.66. The summed E-state index contributed by atoms with van der Waals surface area (Å²) in [5.41, 5.74) is 0.903. The number of rotatable bonds is 2. The Hall–Kier alpha value is 0.170. The summed E-state index contributed by atoms with van der Waals surface area (Å²) < 4.78 is 14.2. The Bertz CT molecular complexity index is 310. The summed E-state index contributed by atoms with van der Waals surface area (Å²) in [4.78, 5) is 2.03. The number of halogens is 3. The van der Waals surface area contributed by atoms with Gasteiger partial charge >= 0.3 is 94.0 Å². The minimum absolute atomic E-state index is 0.0941. The van der Waals surface area contributed by atoms with Crippen LogP contribution in [0, 0.1) is 9.39 Å². The van der Waals surface area contributed by atoms with Crippen molar-refractivity contribution in [2.24, 2.45) is 0 Å². The van der Waals surface area contributed by atoms with Crippen molar-refractivity contribution in [1.29, 1.82) is 0 Å². The summed E-state index contributed by atoms with van der Waals surface area (Å²) in [7, 11) is 0. The molecule has 0 heterocycles. The van der Waals surface area contributed by atoms with Crippen molar-refractivity contribution in [3.8, 4) is 0 Å². The van der Waals surface area contributed by atoms with E-state index in [0.29, 0.717) is 5.02 Å². The molecule has 74 valence electrons. The van der Waals surface area contributed by atoms with Gasteiger partial charge in [-0.2, -0.15) is 0 Å². The van der Waals surface area contributed by atoms with E-state index in [9.17, 15) is 4.39 Å². The van der Waals surface area contributed by atoms with E-state index < -0.39 is 0 Å². The zero-order valence-corrected chi connectivity index (χ0v) is 10.8. The topological polar surface area (TPSA) is 0 Å². The zero-order chi connectivity index (χ0) is 10.0. The van der Waals surface area contributed by atoms with Crippen molar-refractivity contribution in [2.45, 2.75) is 19.8 Å². The van der Waals surface area contributed by atoms with Crippen LogP contribution in [-0.2, 0) is 0 Å². The SMILES string of the molecule is C[I-]c1cc(Cl)c(C(C)C)cc1F. The summed E-state index contributed by atoms with van der Waals surface area (Å²) in [5.74, 6) is 0.189.